The molecule has 5 heteroatoms. The summed E-state index contributed by atoms with van der Waals surface area (Å²) in [6, 6.07) is 1.12. The van der Waals surface area contributed by atoms with Gasteiger partial charge in [0.25, 0.3) is 0 Å². The van der Waals surface area contributed by atoms with Crippen LogP contribution in [0.25, 0.3) is 0 Å². The predicted octanol–water partition coefficient (Wildman–Crippen LogP) is 3.01. The lowest BCUT2D eigenvalue weighted by Gasteiger charge is -2.48. The van der Waals surface area contributed by atoms with Gasteiger partial charge in [-0.25, -0.2) is 0 Å². The third-order valence-electron chi connectivity index (χ3n) is 2.44. The van der Waals surface area contributed by atoms with Gasteiger partial charge in [0, 0.05) is 13.2 Å². The predicted molar refractivity (Wildman–Crippen MR) is 66.4 cm³/mol. The lowest BCUT2D eigenvalue weighted by Crippen LogP contribution is -2.65. The van der Waals surface area contributed by atoms with Gasteiger partial charge >= 0.3 is 17.1 Å². The summed E-state index contributed by atoms with van der Waals surface area (Å²) in [6.45, 7) is 10.3. The molecule has 0 N–H and O–H groups in total. The van der Waals surface area contributed by atoms with Crippen molar-refractivity contribution >= 4 is 17.1 Å². The van der Waals surface area contributed by atoms with Crippen LogP contribution in [0.2, 0.25) is 25.7 Å². The molecule has 0 atom stereocenters. The summed E-state index contributed by atoms with van der Waals surface area (Å²) in [4.78, 5) is 0. The van der Waals surface area contributed by atoms with Crippen molar-refractivity contribution in [3.8, 4) is 0 Å². The molecule has 1 saturated heterocycles. The third kappa shape index (κ3) is 4.78. The molecular weight excluding hydrogens is 224 g/mol. The first-order chi connectivity index (χ1) is 6.97. The molecule has 0 aromatic rings. The third-order valence-corrected chi connectivity index (χ3v) is 11.1. The van der Waals surface area contributed by atoms with E-state index in [1.54, 1.807) is 0 Å². The second kappa shape index (κ2) is 5.59. The molecule has 0 aliphatic carbocycles. The lowest BCUT2D eigenvalue weighted by molar-refractivity contribution is 0.131. The molecule has 0 aromatic carbocycles. The van der Waals surface area contributed by atoms with Gasteiger partial charge in [-0.2, -0.15) is 0 Å². The van der Waals surface area contributed by atoms with Gasteiger partial charge in [0.05, 0.1) is 0 Å². The Morgan fingerprint density at radius 2 is 1.67 bits per heavy atom. The van der Waals surface area contributed by atoms with Crippen LogP contribution in [-0.2, 0) is 13.0 Å². The minimum Gasteiger partial charge on any atom is -0.416 e. The van der Waals surface area contributed by atoms with E-state index >= 15 is 0 Å². The van der Waals surface area contributed by atoms with Crippen molar-refractivity contribution < 1.29 is 13.0 Å². The van der Waals surface area contributed by atoms with Crippen molar-refractivity contribution in [3.05, 3.63) is 0 Å². The zero-order chi connectivity index (χ0) is 11.4. The van der Waals surface area contributed by atoms with Crippen molar-refractivity contribution in [2.45, 2.75) is 51.9 Å². The van der Waals surface area contributed by atoms with E-state index in [0.29, 0.717) is 0 Å². The molecule has 3 nitrogen and oxygen atoms in total. The van der Waals surface area contributed by atoms with Crippen LogP contribution in [0.1, 0.15) is 26.2 Å². The summed E-state index contributed by atoms with van der Waals surface area (Å²) in [5.41, 5.74) is 0. The van der Waals surface area contributed by atoms with Crippen LogP contribution in [0.4, 0.5) is 0 Å². The van der Waals surface area contributed by atoms with Crippen molar-refractivity contribution in [2.24, 2.45) is 0 Å². The molecule has 0 aromatic heterocycles. The Morgan fingerprint density at radius 1 is 1.00 bits per heavy atom. The highest BCUT2D eigenvalue weighted by Gasteiger charge is 2.52. The second-order valence-corrected chi connectivity index (χ2v) is 12.0. The average molecular weight is 248 g/mol. The first-order valence-corrected chi connectivity index (χ1v) is 11.3. The molecule has 0 unspecified atom stereocenters. The Morgan fingerprint density at radius 3 is 2.20 bits per heavy atom. The zero-order valence-corrected chi connectivity index (χ0v) is 12.5. The molecule has 15 heavy (non-hydrogen) atoms. The van der Waals surface area contributed by atoms with Crippen LogP contribution in [0.15, 0.2) is 0 Å². The summed E-state index contributed by atoms with van der Waals surface area (Å²) >= 11 is 0. The fraction of sp³-hybridized carbons (Fsp3) is 1.00. The van der Waals surface area contributed by atoms with Gasteiger partial charge in [0.1, 0.15) is 0 Å². The fourth-order valence-corrected chi connectivity index (χ4v) is 12.1. The molecule has 90 valence electrons. The number of hydrogen-bond donors (Lipinski definition) is 0. The van der Waals surface area contributed by atoms with E-state index in [-0.39, 0.29) is 0 Å². The molecule has 1 fully saturated rings. The van der Waals surface area contributed by atoms with Crippen LogP contribution in [0.3, 0.4) is 0 Å². The van der Waals surface area contributed by atoms with Gasteiger partial charge in [-0.3, -0.25) is 0 Å². The fourth-order valence-electron chi connectivity index (χ4n) is 2.05. The van der Waals surface area contributed by atoms with E-state index in [1.165, 1.54) is 6.42 Å². The zero-order valence-electron chi connectivity index (χ0n) is 10.5. The normalized spacial score (nSPS) is 22.4. The standard InChI is InChI=1S/C10H24O3Si2/c1-5-8-11-9-6-7-10-15(4)12-14(2,3)13-15/h5-10H2,1-4H3. The van der Waals surface area contributed by atoms with E-state index in [2.05, 4.69) is 26.6 Å². The lowest BCUT2D eigenvalue weighted by atomic mass is 10.3. The summed E-state index contributed by atoms with van der Waals surface area (Å²) in [7, 11) is -3.33. The van der Waals surface area contributed by atoms with E-state index in [9.17, 15) is 0 Å². The summed E-state index contributed by atoms with van der Waals surface area (Å²) in [6.07, 6.45) is 3.42. The minimum atomic E-state index is -1.69. The quantitative estimate of drug-likeness (QED) is 0.512. The van der Waals surface area contributed by atoms with Gasteiger partial charge in [0.15, 0.2) is 0 Å². The number of ether oxygens (including phenoxy) is 1. The van der Waals surface area contributed by atoms with Crippen molar-refractivity contribution in [2.75, 3.05) is 13.2 Å². The Kier molecular flexibility index (Phi) is 4.98. The van der Waals surface area contributed by atoms with Crippen molar-refractivity contribution in [1.82, 2.24) is 0 Å². The van der Waals surface area contributed by atoms with E-state index in [1.807, 2.05) is 0 Å². The Hall–Kier alpha value is 0.314. The molecule has 1 rings (SSSR count). The first-order valence-electron chi connectivity index (χ1n) is 5.95. The highest BCUT2D eigenvalue weighted by Crippen LogP contribution is 2.34. The molecule has 0 saturated carbocycles. The first kappa shape index (κ1) is 13.4. The molecule has 0 radical (unpaired) electrons. The van der Waals surface area contributed by atoms with Crippen LogP contribution in [0, 0.1) is 0 Å². The van der Waals surface area contributed by atoms with Crippen molar-refractivity contribution in [1.29, 1.82) is 0 Å². The smallest absolute Gasteiger partial charge is 0.317 e. The van der Waals surface area contributed by atoms with Gasteiger partial charge in [-0.05, 0) is 44.9 Å². The van der Waals surface area contributed by atoms with E-state index < -0.39 is 17.1 Å². The minimum absolute atomic E-state index is 0.888. The molecule has 0 bridgehead atoms. The molecule has 1 aliphatic rings. The number of rotatable bonds is 7. The van der Waals surface area contributed by atoms with Gasteiger partial charge < -0.3 is 13.0 Å². The van der Waals surface area contributed by atoms with Crippen LogP contribution < -0.4 is 0 Å². The Balaban J connectivity index is 1.97. The highest BCUT2D eigenvalue weighted by molar-refractivity contribution is 6.92. The second-order valence-electron chi connectivity index (χ2n) is 4.81. The van der Waals surface area contributed by atoms with Gasteiger partial charge in [0.2, 0.25) is 0 Å². The Labute approximate surface area is 95.6 Å². The maximum atomic E-state index is 5.96. The summed E-state index contributed by atoms with van der Waals surface area (Å²) in [5.74, 6) is 0. The number of unbranched alkanes of at least 4 members (excludes halogenated alkanes) is 1. The van der Waals surface area contributed by atoms with Crippen LogP contribution in [0.5, 0.6) is 0 Å². The van der Waals surface area contributed by atoms with E-state index in [0.717, 1.165) is 32.1 Å². The summed E-state index contributed by atoms with van der Waals surface area (Å²) in [5, 5.41) is 0. The maximum absolute atomic E-state index is 5.96. The molecular formula is C10H24O3Si2. The SMILES string of the molecule is CCCOCCCC[Si]1(C)O[Si](C)(C)O1. The monoisotopic (exact) mass is 248 g/mol. The van der Waals surface area contributed by atoms with Crippen LogP contribution in [-0.4, -0.2) is 30.3 Å². The number of hydrogen-bond acceptors (Lipinski definition) is 3. The summed E-state index contributed by atoms with van der Waals surface area (Å²) < 4.78 is 17.3. The van der Waals surface area contributed by atoms with E-state index in [4.69, 9.17) is 13.0 Å². The van der Waals surface area contributed by atoms with Gasteiger partial charge in [-0.15, -0.1) is 0 Å². The maximum Gasteiger partial charge on any atom is 0.317 e. The highest BCUT2D eigenvalue weighted by atomic mass is 28.5. The molecule has 0 amide bonds. The molecule has 0 spiro atoms. The molecule has 1 heterocycles. The average Bonchev–Trinajstić information content (AvgIpc) is 2.07. The van der Waals surface area contributed by atoms with Gasteiger partial charge in [-0.1, -0.05) is 6.92 Å². The van der Waals surface area contributed by atoms with Crippen LogP contribution >= 0.6 is 0 Å². The molecule has 1 aliphatic heterocycles. The topological polar surface area (TPSA) is 27.7 Å². The largest absolute Gasteiger partial charge is 0.416 e. The Bertz CT molecular complexity index is 189. The van der Waals surface area contributed by atoms with Crippen molar-refractivity contribution in [3.63, 3.8) is 0 Å².